The molecule has 1 aliphatic rings. The molecule has 27 heavy (non-hydrogen) atoms. The quantitative estimate of drug-likeness (QED) is 0.870. The molecular formula is C19H21FN4O3. The second kappa shape index (κ2) is 8.57. The van der Waals surface area contributed by atoms with Gasteiger partial charge < -0.3 is 15.0 Å². The fourth-order valence-electron chi connectivity index (χ4n) is 3.07. The monoisotopic (exact) mass is 372 g/mol. The fourth-order valence-corrected chi connectivity index (χ4v) is 3.07. The van der Waals surface area contributed by atoms with Crippen LogP contribution in [0.5, 0.6) is 11.6 Å². The first-order valence-corrected chi connectivity index (χ1v) is 8.80. The van der Waals surface area contributed by atoms with Crippen molar-refractivity contribution >= 4 is 11.8 Å². The van der Waals surface area contributed by atoms with Gasteiger partial charge in [-0.05, 0) is 25.0 Å². The summed E-state index contributed by atoms with van der Waals surface area (Å²) in [5, 5.41) is 2.52. The molecule has 0 radical (unpaired) electrons. The zero-order valence-corrected chi connectivity index (χ0v) is 15.0. The van der Waals surface area contributed by atoms with E-state index in [0.717, 1.165) is 12.8 Å². The van der Waals surface area contributed by atoms with Crippen molar-refractivity contribution < 1.29 is 18.7 Å². The van der Waals surface area contributed by atoms with E-state index in [4.69, 9.17) is 4.74 Å². The molecule has 8 heteroatoms. The van der Waals surface area contributed by atoms with Gasteiger partial charge in [0.1, 0.15) is 5.69 Å². The molecule has 1 fully saturated rings. The minimum atomic E-state index is -0.482. The van der Waals surface area contributed by atoms with Crippen molar-refractivity contribution in [2.24, 2.45) is 0 Å². The summed E-state index contributed by atoms with van der Waals surface area (Å²) >= 11 is 0. The average molecular weight is 372 g/mol. The Hall–Kier alpha value is -3.03. The molecule has 2 heterocycles. The summed E-state index contributed by atoms with van der Waals surface area (Å²) in [4.78, 5) is 33.6. The number of nitrogens with one attached hydrogen (secondary N) is 1. The molecule has 0 bridgehead atoms. The van der Waals surface area contributed by atoms with Gasteiger partial charge in [0.05, 0.1) is 6.54 Å². The van der Waals surface area contributed by atoms with Gasteiger partial charge in [-0.3, -0.25) is 14.6 Å². The van der Waals surface area contributed by atoms with Crippen LogP contribution in [0.2, 0.25) is 0 Å². The summed E-state index contributed by atoms with van der Waals surface area (Å²) in [5.74, 6) is -0.625. The lowest BCUT2D eigenvalue weighted by atomic mass is 9.94. The first-order chi connectivity index (χ1) is 13.0. The fraction of sp³-hybridized carbons (Fsp3) is 0.368. The zero-order chi connectivity index (χ0) is 19.2. The molecule has 1 saturated heterocycles. The minimum Gasteiger partial charge on any atom is -0.434 e. The molecule has 0 aliphatic carbocycles. The van der Waals surface area contributed by atoms with Gasteiger partial charge in [-0.2, -0.15) is 0 Å². The molecule has 1 N–H and O–H groups in total. The second-order valence-electron chi connectivity index (χ2n) is 6.37. The molecule has 0 spiro atoms. The third-order valence-corrected chi connectivity index (χ3v) is 4.38. The Labute approximate surface area is 156 Å². The number of ether oxygens (including phenoxy) is 1. The van der Waals surface area contributed by atoms with Crippen molar-refractivity contribution in [3.8, 4) is 11.6 Å². The Bertz CT molecular complexity index is 830. The lowest BCUT2D eigenvalue weighted by Crippen LogP contribution is -2.44. The first kappa shape index (κ1) is 18.8. The molecule has 2 amide bonds. The van der Waals surface area contributed by atoms with E-state index in [1.54, 1.807) is 23.2 Å². The number of hydrogen-bond acceptors (Lipinski definition) is 5. The van der Waals surface area contributed by atoms with Crippen molar-refractivity contribution in [3.05, 3.63) is 48.2 Å². The lowest BCUT2D eigenvalue weighted by Gasteiger charge is -2.32. The Kier molecular flexibility index (Phi) is 5.95. The van der Waals surface area contributed by atoms with Gasteiger partial charge in [0, 0.05) is 38.3 Å². The minimum absolute atomic E-state index is 0.0267. The number of benzene rings is 1. The number of carbonyl (C=O) groups is 2. The smallest absolute Gasteiger partial charge is 0.241 e. The van der Waals surface area contributed by atoms with Gasteiger partial charge in [-0.25, -0.2) is 9.37 Å². The van der Waals surface area contributed by atoms with E-state index in [1.807, 2.05) is 0 Å². The SMILES string of the molecule is CC(=O)NCC(=O)N1CCCC(c2nccnc2Oc2ccccc2F)C1. The van der Waals surface area contributed by atoms with Crippen LogP contribution in [0, 0.1) is 5.82 Å². The average Bonchev–Trinajstić information content (AvgIpc) is 2.68. The van der Waals surface area contributed by atoms with E-state index >= 15 is 0 Å². The van der Waals surface area contributed by atoms with E-state index < -0.39 is 5.82 Å². The highest BCUT2D eigenvalue weighted by molar-refractivity contribution is 5.83. The predicted molar refractivity (Wildman–Crippen MR) is 95.7 cm³/mol. The first-order valence-electron chi connectivity index (χ1n) is 8.80. The molecule has 0 saturated carbocycles. The number of nitrogens with zero attached hydrogens (tertiary/aromatic N) is 3. The molecule has 1 aromatic heterocycles. The molecule has 1 atom stereocenters. The molecule has 1 unspecified atom stereocenters. The van der Waals surface area contributed by atoms with Gasteiger partial charge >= 0.3 is 0 Å². The Morgan fingerprint density at radius 3 is 2.85 bits per heavy atom. The van der Waals surface area contributed by atoms with Crippen LogP contribution in [0.3, 0.4) is 0 Å². The summed E-state index contributed by atoms with van der Waals surface area (Å²) in [7, 11) is 0. The van der Waals surface area contributed by atoms with Crippen LogP contribution in [0.4, 0.5) is 4.39 Å². The topological polar surface area (TPSA) is 84.4 Å². The number of rotatable bonds is 5. The maximum absolute atomic E-state index is 13.9. The Balaban J connectivity index is 1.75. The number of likely N-dealkylation sites (tertiary alicyclic amines) is 1. The molecule has 1 aromatic carbocycles. The van der Waals surface area contributed by atoms with E-state index in [2.05, 4.69) is 15.3 Å². The summed E-state index contributed by atoms with van der Waals surface area (Å²) in [6.45, 7) is 2.42. The summed E-state index contributed by atoms with van der Waals surface area (Å²) in [5.41, 5.74) is 0.595. The lowest BCUT2D eigenvalue weighted by molar-refractivity contribution is -0.133. The third-order valence-electron chi connectivity index (χ3n) is 4.38. The van der Waals surface area contributed by atoms with Crippen molar-refractivity contribution in [1.82, 2.24) is 20.2 Å². The van der Waals surface area contributed by atoms with Crippen LogP contribution in [0.15, 0.2) is 36.7 Å². The van der Waals surface area contributed by atoms with Crippen LogP contribution in [-0.4, -0.2) is 46.3 Å². The van der Waals surface area contributed by atoms with E-state index in [0.29, 0.717) is 18.8 Å². The predicted octanol–water partition coefficient (Wildman–Crippen LogP) is 2.25. The largest absolute Gasteiger partial charge is 0.434 e. The summed E-state index contributed by atoms with van der Waals surface area (Å²) in [6.07, 6.45) is 4.66. The number of piperidine rings is 1. The molecular weight excluding hydrogens is 351 g/mol. The van der Waals surface area contributed by atoms with Gasteiger partial charge in [0.15, 0.2) is 11.6 Å². The zero-order valence-electron chi connectivity index (χ0n) is 15.0. The standard InChI is InChI=1S/C19H21FN4O3/c1-13(25)23-11-17(26)24-10-4-5-14(12-24)18-19(22-9-8-21-18)27-16-7-3-2-6-15(16)20/h2-3,6-9,14H,4-5,10-12H2,1H3,(H,23,25). The number of amides is 2. The van der Waals surface area contributed by atoms with E-state index in [1.165, 1.54) is 25.3 Å². The van der Waals surface area contributed by atoms with Crippen LogP contribution < -0.4 is 10.1 Å². The highest BCUT2D eigenvalue weighted by Crippen LogP contribution is 2.33. The summed E-state index contributed by atoms with van der Waals surface area (Å²) in [6, 6.07) is 6.10. The van der Waals surface area contributed by atoms with Gasteiger partial charge in [0.2, 0.25) is 17.7 Å². The van der Waals surface area contributed by atoms with Gasteiger partial charge in [-0.1, -0.05) is 12.1 Å². The number of para-hydroxylation sites is 1. The molecule has 7 nitrogen and oxygen atoms in total. The van der Waals surface area contributed by atoms with E-state index in [9.17, 15) is 14.0 Å². The van der Waals surface area contributed by atoms with Crippen LogP contribution in [0.25, 0.3) is 0 Å². The highest BCUT2D eigenvalue weighted by Gasteiger charge is 2.28. The van der Waals surface area contributed by atoms with Crippen molar-refractivity contribution in [2.45, 2.75) is 25.7 Å². The maximum Gasteiger partial charge on any atom is 0.241 e. The second-order valence-corrected chi connectivity index (χ2v) is 6.37. The van der Waals surface area contributed by atoms with Crippen LogP contribution in [0.1, 0.15) is 31.4 Å². The third kappa shape index (κ3) is 4.78. The normalized spacial score (nSPS) is 16.7. The number of carbonyl (C=O) groups excluding carboxylic acids is 2. The molecule has 1 aliphatic heterocycles. The number of halogens is 1. The Morgan fingerprint density at radius 2 is 2.07 bits per heavy atom. The Morgan fingerprint density at radius 1 is 1.30 bits per heavy atom. The number of hydrogen-bond donors (Lipinski definition) is 1. The maximum atomic E-state index is 13.9. The van der Waals surface area contributed by atoms with Gasteiger partial charge in [0.25, 0.3) is 0 Å². The molecule has 142 valence electrons. The molecule has 3 rings (SSSR count). The van der Waals surface area contributed by atoms with Crippen LogP contribution >= 0.6 is 0 Å². The van der Waals surface area contributed by atoms with Gasteiger partial charge in [-0.15, -0.1) is 0 Å². The van der Waals surface area contributed by atoms with Crippen LogP contribution in [-0.2, 0) is 9.59 Å². The van der Waals surface area contributed by atoms with E-state index in [-0.39, 0.29) is 35.9 Å². The van der Waals surface area contributed by atoms with Crippen molar-refractivity contribution in [2.75, 3.05) is 19.6 Å². The summed E-state index contributed by atoms with van der Waals surface area (Å²) < 4.78 is 19.6. The van der Waals surface area contributed by atoms with Crippen molar-refractivity contribution in [1.29, 1.82) is 0 Å². The highest BCUT2D eigenvalue weighted by atomic mass is 19.1. The number of aromatic nitrogens is 2. The van der Waals surface area contributed by atoms with Crippen molar-refractivity contribution in [3.63, 3.8) is 0 Å². The molecule has 2 aromatic rings.